The topological polar surface area (TPSA) is 50.4 Å². The minimum Gasteiger partial charge on any atom is -0.354 e. The van der Waals surface area contributed by atoms with Crippen LogP contribution in [0.1, 0.15) is 6.92 Å². The van der Waals surface area contributed by atoms with Gasteiger partial charge in [0, 0.05) is 13.1 Å². The van der Waals surface area contributed by atoms with Crippen molar-refractivity contribution >= 4 is 6.09 Å². The van der Waals surface area contributed by atoms with Gasteiger partial charge >= 0.3 is 6.09 Å². The van der Waals surface area contributed by atoms with Crippen LogP contribution in [0.15, 0.2) is 12.7 Å². The van der Waals surface area contributed by atoms with Crippen LogP contribution in [0.3, 0.4) is 0 Å². The number of hydroxylamine groups is 1. The van der Waals surface area contributed by atoms with Crippen LogP contribution in [0.5, 0.6) is 0 Å². The van der Waals surface area contributed by atoms with Crippen molar-refractivity contribution in [3.05, 3.63) is 12.7 Å². The molecule has 0 aliphatic heterocycles. The highest BCUT2D eigenvalue weighted by Gasteiger charge is 1.95. The molecular weight excluding hydrogens is 132 g/mol. The zero-order chi connectivity index (χ0) is 7.82. The lowest BCUT2D eigenvalue weighted by Gasteiger charge is -2.02. The van der Waals surface area contributed by atoms with Crippen molar-refractivity contribution in [2.45, 2.75) is 6.92 Å². The van der Waals surface area contributed by atoms with Crippen molar-refractivity contribution in [1.29, 1.82) is 0 Å². The van der Waals surface area contributed by atoms with E-state index in [2.05, 4.69) is 22.2 Å². The maximum absolute atomic E-state index is 10.5. The zero-order valence-electron chi connectivity index (χ0n) is 6.02. The summed E-state index contributed by atoms with van der Waals surface area (Å²) in [5.74, 6) is 0. The predicted molar refractivity (Wildman–Crippen MR) is 38.4 cm³/mol. The number of carbonyl (C=O) groups excluding carboxylic acids is 1. The minimum absolute atomic E-state index is 0.455. The third-order valence-electron chi connectivity index (χ3n) is 0.714. The summed E-state index contributed by atoms with van der Waals surface area (Å²) in [7, 11) is 0. The second-order valence-corrected chi connectivity index (χ2v) is 1.56. The molecule has 4 heteroatoms. The Labute approximate surface area is 60.2 Å². The van der Waals surface area contributed by atoms with E-state index < -0.39 is 6.09 Å². The summed E-state index contributed by atoms with van der Waals surface area (Å²) in [4.78, 5) is 14.9. The summed E-state index contributed by atoms with van der Waals surface area (Å²) >= 11 is 0. The molecule has 10 heavy (non-hydrogen) atoms. The quantitative estimate of drug-likeness (QED) is 0.341. The molecule has 0 aliphatic rings. The van der Waals surface area contributed by atoms with E-state index in [0.717, 1.165) is 0 Å². The number of nitrogens with one attached hydrogen (secondary N) is 2. The lowest BCUT2D eigenvalue weighted by molar-refractivity contribution is 0.0961. The van der Waals surface area contributed by atoms with Gasteiger partial charge in [-0.2, -0.15) is 0 Å². The van der Waals surface area contributed by atoms with Crippen molar-refractivity contribution in [3.8, 4) is 0 Å². The molecule has 2 N–H and O–H groups in total. The highest BCUT2D eigenvalue weighted by Crippen LogP contribution is 1.70. The molecule has 0 aromatic rings. The monoisotopic (exact) mass is 144 g/mol. The van der Waals surface area contributed by atoms with Gasteiger partial charge in [-0.15, -0.1) is 12.1 Å². The predicted octanol–water partition coefficient (Wildman–Crippen LogP) is 0.423. The van der Waals surface area contributed by atoms with Gasteiger partial charge in [-0.25, -0.2) is 4.79 Å². The summed E-state index contributed by atoms with van der Waals surface area (Å²) in [6.07, 6.45) is 1.13. The summed E-state index contributed by atoms with van der Waals surface area (Å²) in [5.41, 5.74) is 2.39. The fourth-order valence-electron chi connectivity index (χ4n) is 0.347. The van der Waals surface area contributed by atoms with Crippen LogP contribution in [0.2, 0.25) is 0 Å². The SMILES string of the molecule is C=CCNOC(=O)NCC. The van der Waals surface area contributed by atoms with E-state index in [1.54, 1.807) is 6.08 Å². The normalized spacial score (nSPS) is 8.50. The minimum atomic E-state index is -0.468. The second kappa shape index (κ2) is 6.10. The van der Waals surface area contributed by atoms with Crippen LogP contribution < -0.4 is 10.8 Å². The maximum atomic E-state index is 10.5. The summed E-state index contributed by atoms with van der Waals surface area (Å²) in [6.45, 7) is 6.26. The zero-order valence-corrected chi connectivity index (χ0v) is 6.02. The Hall–Kier alpha value is -1.03. The Morgan fingerprint density at radius 3 is 3.00 bits per heavy atom. The van der Waals surface area contributed by atoms with Crippen molar-refractivity contribution < 1.29 is 9.63 Å². The molecule has 0 fully saturated rings. The van der Waals surface area contributed by atoms with Crippen molar-refractivity contribution in [1.82, 2.24) is 10.8 Å². The lowest BCUT2D eigenvalue weighted by atomic mass is 10.7. The van der Waals surface area contributed by atoms with Crippen LogP contribution in [-0.4, -0.2) is 19.2 Å². The Balaban J connectivity index is 3.13. The second-order valence-electron chi connectivity index (χ2n) is 1.56. The number of rotatable bonds is 4. The fourth-order valence-corrected chi connectivity index (χ4v) is 0.347. The average Bonchev–Trinajstić information content (AvgIpc) is 1.89. The Morgan fingerprint density at radius 1 is 1.80 bits per heavy atom. The third kappa shape index (κ3) is 5.11. The van der Waals surface area contributed by atoms with Gasteiger partial charge in [-0.1, -0.05) is 6.08 Å². The molecule has 0 spiro atoms. The van der Waals surface area contributed by atoms with Gasteiger partial charge in [-0.3, -0.25) is 0 Å². The van der Waals surface area contributed by atoms with E-state index in [9.17, 15) is 4.79 Å². The Morgan fingerprint density at radius 2 is 2.50 bits per heavy atom. The largest absolute Gasteiger partial charge is 0.426 e. The van der Waals surface area contributed by atoms with E-state index >= 15 is 0 Å². The lowest BCUT2D eigenvalue weighted by Crippen LogP contribution is -2.29. The first-order chi connectivity index (χ1) is 4.81. The molecule has 0 rings (SSSR count). The fraction of sp³-hybridized carbons (Fsp3) is 0.500. The van der Waals surface area contributed by atoms with Crippen LogP contribution >= 0.6 is 0 Å². The molecule has 0 radical (unpaired) electrons. The smallest absolute Gasteiger partial charge is 0.354 e. The summed E-state index contributed by atoms with van der Waals surface area (Å²) in [5, 5.41) is 2.45. The molecular formula is C6H12N2O2. The molecule has 0 saturated heterocycles. The third-order valence-corrected chi connectivity index (χ3v) is 0.714. The maximum Gasteiger partial charge on any atom is 0.426 e. The molecule has 0 aromatic carbocycles. The van der Waals surface area contributed by atoms with Crippen molar-refractivity contribution in [2.24, 2.45) is 0 Å². The van der Waals surface area contributed by atoms with Crippen molar-refractivity contribution in [3.63, 3.8) is 0 Å². The van der Waals surface area contributed by atoms with Crippen LogP contribution in [0.25, 0.3) is 0 Å². The summed E-state index contributed by atoms with van der Waals surface area (Å²) in [6, 6.07) is 0. The van der Waals surface area contributed by atoms with E-state index in [1.165, 1.54) is 0 Å². The van der Waals surface area contributed by atoms with Gasteiger partial charge in [0.1, 0.15) is 0 Å². The van der Waals surface area contributed by atoms with E-state index in [-0.39, 0.29) is 0 Å². The van der Waals surface area contributed by atoms with Gasteiger partial charge < -0.3 is 10.2 Å². The van der Waals surface area contributed by atoms with E-state index in [0.29, 0.717) is 13.1 Å². The van der Waals surface area contributed by atoms with E-state index in [1.807, 2.05) is 6.92 Å². The van der Waals surface area contributed by atoms with Gasteiger partial charge in [-0.05, 0) is 6.92 Å². The Bertz CT molecular complexity index is 114. The molecule has 0 heterocycles. The molecule has 1 amide bonds. The first kappa shape index (κ1) is 8.97. The number of carbonyl (C=O) groups is 1. The van der Waals surface area contributed by atoms with Crippen molar-refractivity contribution in [2.75, 3.05) is 13.1 Å². The number of amides is 1. The van der Waals surface area contributed by atoms with Gasteiger partial charge in [0.25, 0.3) is 0 Å². The molecule has 58 valence electrons. The van der Waals surface area contributed by atoms with Gasteiger partial charge in [0.15, 0.2) is 0 Å². The molecule has 0 aromatic heterocycles. The molecule has 4 nitrogen and oxygen atoms in total. The van der Waals surface area contributed by atoms with E-state index in [4.69, 9.17) is 0 Å². The highest BCUT2D eigenvalue weighted by atomic mass is 16.7. The van der Waals surface area contributed by atoms with Gasteiger partial charge in [0.2, 0.25) is 0 Å². The molecule has 0 bridgehead atoms. The Kier molecular flexibility index (Phi) is 5.47. The van der Waals surface area contributed by atoms with Crippen LogP contribution in [0, 0.1) is 0 Å². The standard InChI is InChI=1S/C6H12N2O2/c1-3-5-8-10-6(9)7-4-2/h3,8H,1,4-5H2,2H3,(H,7,9). The molecule has 0 atom stereocenters. The highest BCUT2D eigenvalue weighted by molar-refractivity contribution is 5.66. The van der Waals surface area contributed by atoms with Crippen LogP contribution in [0.4, 0.5) is 4.79 Å². The first-order valence-electron chi connectivity index (χ1n) is 3.09. The van der Waals surface area contributed by atoms with Gasteiger partial charge in [0.05, 0.1) is 0 Å². The molecule has 0 aliphatic carbocycles. The number of hydrogen-bond acceptors (Lipinski definition) is 3. The molecule has 0 unspecified atom stereocenters. The first-order valence-corrected chi connectivity index (χ1v) is 3.09. The molecule has 0 saturated carbocycles. The van der Waals surface area contributed by atoms with Crippen LogP contribution in [-0.2, 0) is 4.84 Å². The average molecular weight is 144 g/mol. The number of hydrogen-bond donors (Lipinski definition) is 2. The summed E-state index contributed by atoms with van der Waals surface area (Å²) < 4.78 is 0.